The molecule has 0 N–H and O–H groups in total. The SMILES string of the molecule is CC(C)(C)COc1ccc(F)c(Br)c1. The van der Waals surface area contributed by atoms with Crippen LogP contribution in [0.2, 0.25) is 0 Å². The van der Waals surface area contributed by atoms with Crippen molar-refractivity contribution < 1.29 is 9.13 Å². The van der Waals surface area contributed by atoms with Gasteiger partial charge in [0.2, 0.25) is 0 Å². The van der Waals surface area contributed by atoms with Gasteiger partial charge in [-0.2, -0.15) is 0 Å². The van der Waals surface area contributed by atoms with Gasteiger partial charge in [0.25, 0.3) is 0 Å². The number of ether oxygens (including phenoxy) is 1. The van der Waals surface area contributed by atoms with Gasteiger partial charge in [0.15, 0.2) is 0 Å². The molecule has 0 saturated carbocycles. The minimum absolute atomic E-state index is 0.112. The minimum atomic E-state index is -0.270. The van der Waals surface area contributed by atoms with E-state index in [1.54, 1.807) is 12.1 Å². The van der Waals surface area contributed by atoms with Gasteiger partial charge >= 0.3 is 0 Å². The van der Waals surface area contributed by atoms with Crippen LogP contribution < -0.4 is 4.74 Å². The fourth-order valence-corrected chi connectivity index (χ4v) is 1.22. The van der Waals surface area contributed by atoms with Crippen molar-refractivity contribution in [3.63, 3.8) is 0 Å². The standard InChI is InChI=1S/C11H14BrFO/c1-11(2,3)7-14-8-4-5-10(13)9(12)6-8/h4-6H,7H2,1-3H3. The summed E-state index contributed by atoms with van der Waals surface area (Å²) in [6.45, 7) is 6.88. The predicted molar refractivity (Wildman–Crippen MR) is 59.1 cm³/mol. The summed E-state index contributed by atoms with van der Waals surface area (Å²) in [6.07, 6.45) is 0. The zero-order chi connectivity index (χ0) is 10.8. The molecule has 0 fully saturated rings. The predicted octanol–water partition coefficient (Wildman–Crippen LogP) is 4.01. The first-order valence-corrected chi connectivity index (χ1v) is 5.26. The van der Waals surface area contributed by atoms with E-state index in [0.717, 1.165) is 0 Å². The Balaban J connectivity index is 2.65. The van der Waals surface area contributed by atoms with Crippen LogP contribution in [-0.4, -0.2) is 6.61 Å². The van der Waals surface area contributed by atoms with E-state index in [4.69, 9.17) is 4.74 Å². The van der Waals surface area contributed by atoms with Gasteiger partial charge < -0.3 is 4.74 Å². The second-order valence-electron chi connectivity index (χ2n) is 4.43. The zero-order valence-corrected chi connectivity index (χ0v) is 10.2. The molecule has 1 aromatic rings. The van der Waals surface area contributed by atoms with Crippen molar-refractivity contribution in [2.75, 3.05) is 6.61 Å². The Hall–Kier alpha value is -0.570. The highest BCUT2D eigenvalue weighted by molar-refractivity contribution is 9.10. The molecule has 0 bridgehead atoms. The van der Waals surface area contributed by atoms with Crippen molar-refractivity contribution >= 4 is 15.9 Å². The summed E-state index contributed by atoms with van der Waals surface area (Å²) in [5.74, 6) is 0.418. The third kappa shape index (κ3) is 3.66. The lowest BCUT2D eigenvalue weighted by Crippen LogP contribution is -2.16. The zero-order valence-electron chi connectivity index (χ0n) is 8.60. The third-order valence-corrected chi connectivity index (χ3v) is 2.17. The normalized spacial score (nSPS) is 11.5. The molecule has 3 heteroatoms. The van der Waals surface area contributed by atoms with Crippen molar-refractivity contribution in [1.82, 2.24) is 0 Å². The lowest BCUT2D eigenvalue weighted by Gasteiger charge is -2.18. The Morgan fingerprint density at radius 2 is 2.00 bits per heavy atom. The van der Waals surface area contributed by atoms with Gasteiger partial charge in [0.1, 0.15) is 11.6 Å². The first kappa shape index (κ1) is 11.5. The summed E-state index contributed by atoms with van der Waals surface area (Å²) in [5, 5.41) is 0. The maximum Gasteiger partial charge on any atom is 0.137 e. The molecule has 0 saturated heterocycles. The molecule has 0 amide bonds. The molecule has 0 aliphatic rings. The van der Waals surface area contributed by atoms with E-state index in [9.17, 15) is 4.39 Å². The Morgan fingerprint density at radius 3 is 2.50 bits per heavy atom. The fourth-order valence-electron chi connectivity index (χ4n) is 0.866. The molecule has 0 aliphatic carbocycles. The molecule has 1 rings (SSSR count). The van der Waals surface area contributed by atoms with Crippen LogP contribution in [-0.2, 0) is 0 Å². The van der Waals surface area contributed by atoms with E-state index in [0.29, 0.717) is 16.8 Å². The minimum Gasteiger partial charge on any atom is -0.493 e. The largest absolute Gasteiger partial charge is 0.493 e. The third-order valence-electron chi connectivity index (χ3n) is 1.56. The second kappa shape index (κ2) is 4.30. The van der Waals surface area contributed by atoms with E-state index in [1.807, 2.05) is 0 Å². The molecule has 0 aliphatic heterocycles. The van der Waals surface area contributed by atoms with Crippen molar-refractivity contribution in [3.8, 4) is 5.75 Å². The maximum absolute atomic E-state index is 12.9. The molecule has 0 atom stereocenters. The van der Waals surface area contributed by atoms with Crippen LogP contribution in [0.5, 0.6) is 5.75 Å². The second-order valence-corrected chi connectivity index (χ2v) is 5.28. The van der Waals surface area contributed by atoms with Gasteiger partial charge in [-0.3, -0.25) is 0 Å². The summed E-state index contributed by atoms with van der Waals surface area (Å²) in [7, 11) is 0. The highest BCUT2D eigenvalue weighted by Crippen LogP contribution is 2.23. The number of hydrogen-bond donors (Lipinski definition) is 0. The van der Waals surface area contributed by atoms with E-state index >= 15 is 0 Å². The maximum atomic E-state index is 12.9. The molecule has 14 heavy (non-hydrogen) atoms. The fraction of sp³-hybridized carbons (Fsp3) is 0.455. The van der Waals surface area contributed by atoms with Crippen molar-refractivity contribution in [1.29, 1.82) is 0 Å². The summed E-state index contributed by atoms with van der Waals surface area (Å²) >= 11 is 3.11. The number of rotatable bonds is 2. The van der Waals surface area contributed by atoms with Gasteiger partial charge in [-0.15, -0.1) is 0 Å². The van der Waals surface area contributed by atoms with E-state index in [2.05, 4.69) is 36.7 Å². The lowest BCUT2D eigenvalue weighted by atomic mass is 9.99. The Kier molecular flexibility index (Phi) is 3.53. The Morgan fingerprint density at radius 1 is 1.36 bits per heavy atom. The van der Waals surface area contributed by atoms with Gasteiger partial charge in [-0.05, 0) is 39.5 Å². The quantitative estimate of drug-likeness (QED) is 0.781. The van der Waals surface area contributed by atoms with Crippen LogP contribution in [0.1, 0.15) is 20.8 Å². The van der Waals surface area contributed by atoms with Crippen molar-refractivity contribution in [2.24, 2.45) is 5.41 Å². The molecule has 0 radical (unpaired) electrons. The van der Waals surface area contributed by atoms with Crippen LogP contribution in [0.3, 0.4) is 0 Å². The first-order valence-electron chi connectivity index (χ1n) is 4.46. The molecular weight excluding hydrogens is 247 g/mol. The summed E-state index contributed by atoms with van der Waals surface area (Å²) in [6, 6.07) is 4.66. The molecule has 0 unspecified atom stereocenters. The summed E-state index contributed by atoms with van der Waals surface area (Å²) in [4.78, 5) is 0. The van der Waals surface area contributed by atoms with Crippen LogP contribution >= 0.6 is 15.9 Å². The number of hydrogen-bond acceptors (Lipinski definition) is 1. The van der Waals surface area contributed by atoms with E-state index in [1.165, 1.54) is 6.07 Å². The van der Waals surface area contributed by atoms with Crippen molar-refractivity contribution in [2.45, 2.75) is 20.8 Å². The van der Waals surface area contributed by atoms with Gasteiger partial charge in [-0.1, -0.05) is 20.8 Å². The smallest absolute Gasteiger partial charge is 0.137 e. The van der Waals surface area contributed by atoms with E-state index < -0.39 is 0 Å². The number of benzene rings is 1. The molecular formula is C11H14BrFO. The van der Waals surface area contributed by atoms with Crippen LogP contribution in [0.4, 0.5) is 4.39 Å². The van der Waals surface area contributed by atoms with E-state index in [-0.39, 0.29) is 11.2 Å². The van der Waals surface area contributed by atoms with Gasteiger partial charge in [0.05, 0.1) is 11.1 Å². The topological polar surface area (TPSA) is 9.23 Å². The highest BCUT2D eigenvalue weighted by Gasteiger charge is 2.11. The molecule has 78 valence electrons. The number of halogens is 2. The Labute approximate surface area is 92.4 Å². The van der Waals surface area contributed by atoms with Gasteiger partial charge in [0, 0.05) is 0 Å². The highest BCUT2D eigenvalue weighted by atomic mass is 79.9. The average Bonchev–Trinajstić information content (AvgIpc) is 2.06. The van der Waals surface area contributed by atoms with Crippen LogP contribution in [0.15, 0.2) is 22.7 Å². The molecule has 1 nitrogen and oxygen atoms in total. The summed E-state index contributed by atoms with van der Waals surface area (Å²) in [5.41, 5.74) is 0.112. The Bertz CT molecular complexity index is 318. The molecule has 0 heterocycles. The molecule has 0 aromatic heterocycles. The molecule has 1 aromatic carbocycles. The lowest BCUT2D eigenvalue weighted by molar-refractivity contribution is 0.197. The summed E-state index contributed by atoms with van der Waals surface area (Å²) < 4.78 is 18.8. The van der Waals surface area contributed by atoms with Crippen molar-refractivity contribution in [3.05, 3.63) is 28.5 Å². The average molecular weight is 261 g/mol. The van der Waals surface area contributed by atoms with Gasteiger partial charge in [-0.25, -0.2) is 4.39 Å². The van der Waals surface area contributed by atoms with Crippen LogP contribution in [0.25, 0.3) is 0 Å². The first-order chi connectivity index (χ1) is 6.38. The molecule has 0 spiro atoms. The monoisotopic (exact) mass is 260 g/mol. The van der Waals surface area contributed by atoms with Crippen LogP contribution in [0, 0.1) is 11.2 Å².